The lowest BCUT2D eigenvalue weighted by Gasteiger charge is -2.23. The van der Waals surface area contributed by atoms with Gasteiger partial charge in [-0.25, -0.2) is 4.79 Å². The number of hydrogen-bond donors (Lipinski definition) is 0. The molecule has 0 bridgehead atoms. The number of ether oxygens (including phenoxy) is 1. The molecule has 0 saturated carbocycles. The molecule has 0 N–H and O–H groups in total. The van der Waals surface area contributed by atoms with Crippen LogP contribution in [0, 0.1) is 30.3 Å². The van der Waals surface area contributed by atoms with Crippen molar-refractivity contribution in [3.8, 4) is 11.3 Å². The van der Waals surface area contributed by atoms with Gasteiger partial charge in [-0.15, -0.1) is 9.89 Å². The van der Waals surface area contributed by atoms with Crippen LogP contribution in [-0.4, -0.2) is 48.4 Å². The topological polar surface area (TPSA) is 207 Å². The van der Waals surface area contributed by atoms with Crippen molar-refractivity contribution in [3.63, 3.8) is 0 Å². The smallest absolute Gasteiger partial charge is 0.361 e. The number of nitro groups is 3. The Kier molecular flexibility index (Phi) is 7.51. The van der Waals surface area contributed by atoms with Crippen LogP contribution in [0.3, 0.4) is 0 Å². The lowest BCUT2D eigenvalue weighted by Crippen LogP contribution is -2.38. The van der Waals surface area contributed by atoms with Crippen molar-refractivity contribution in [2.45, 2.75) is 6.92 Å². The van der Waals surface area contributed by atoms with Gasteiger partial charge in [-0.2, -0.15) is 5.01 Å². The Hall–Kier alpha value is -6.06. The van der Waals surface area contributed by atoms with E-state index in [-0.39, 0.29) is 29.2 Å². The van der Waals surface area contributed by atoms with Crippen LogP contribution in [-0.2, 0) is 4.74 Å². The molecule has 0 atom stereocenters. The van der Waals surface area contributed by atoms with Gasteiger partial charge >= 0.3 is 11.7 Å². The van der Waals surface area contributed by atoms with Gasteiger partial charge in [-0.3, -0.25) is 35.1 Å². The van der Waals surface area contributed by atoms with E-state index >= 15 is 0 Å². The first-order valence-corrected chi connectivity index (χ1v) is 11.3. The van der Waals surface area contributed by atoms with Crippen LogP contribution >= 0.6 is 0 Å². The molecule has 16 heteroatoms. The normalized spacial score (nSPS) is 10.5. The predicted octanol–water partition coefficient (Wildman–Crippen LogP) is 3.96. The number of nitrogens with zero attached hydrogens (tertiary/aromatic N) is 7. The molecule has 4 rings (SSSR count). The zero-order valence-corrected chi connectivity index (χ0v) is 20.4. The highest BCUT2D eigenvalue weighted by Gasteiger charge is 2.34. The summed E-state index contributed by atoms with van der Waals surface area (Å²) in [6, 6.07) is 15.0. The summed E-state index contributed by atoms with van der Waals surface area (Å²) < 4.78 is 5.07. The minimum absolute atomic E-state index is 0.0147. The highest BCUT2D eigenvalue weighted by molar-refractivity contribution is 6.08. The van der Waals surface area contributed by atoms with Crippen molar-refractivity contribution in [1.29, 1.82) is 0 Å². The molecule has 202 valence electrons. The third-order valence-electron chi connectivity index (χ3n) is 5.47. The van der Waals surface area contributed by atoms with Crippen molar-refractivity contribution in [2.24, 2.45) is 0 Å². The Morgan fingerprint density at radius 2 is 1.50 bits per heavy atom. The molecule has 0 spiro atoms. The zero-order valence-electron chi connectivity index (χ0n) is 20.4. The molecule has 0 fully saturated rings. The third kappa shape index (κ3) is 5.17. The van der Waals surface area contributed by atoms with Gasteiger partial charge in [0.1, 0.15) is 11.4 Å². The number of carbonyl (C=O) groups excluding carboxylic acids is 2. The summed E-state index contributed by atoms with van der Waals surface area (Å²) in [6.07, 6.45) is 0. The number of nitro benzene ring substituents is 3. The van der Waals surface area contributed by atoms with E-state index in [1.807, 2.05) is 0 Å². The molecular formula is C24H17N7O9. The average Bonchev–Trinajstić information content (AvgIpc) is 3.38. The van der Waals surface area contributed by atoms with E-state index in [9.17, 15) is 39.9 Å². The highest BCUT2D eigenvalue weighted by atomic mass is 16.6. The Morgan fingerprint density at radius 1 is 0.875 bits per heavy atom. The Balaban J connectivity index is 2.02. The molecular weight excluding hydrogens is 530 g/mol. The summed E-state index contributed by atoms with van der Waals surface area (Å²) in [6.45, 7) is 1.55. The lowest BCUT2D eigenvalue weighted by molar-refractivity contribution is -0.393. The summed E-state index contributed by atoms with van der Waals surface area (Å²) in [4.78, 5) is 59.5. The molecule has 4 aromatic rings. The fourth-order valence-corrected chi connectivity index (χ4v) is 3.70. The van der Waals surface area contributed by atoms with Crippen LogP contribution in [0.1, 0.15) is 27.8 Å². The molecule has 1 amide bonds. The van der Waals surface area contributed by atoms with Crippen molar-refractivity contribution >= 4 is 34.6 Å². The van der Waals surface area contributed by atoms with Gasteiger partial charge in [0, 0.05) is 29.3 Å². The Bertz CT molecular complexity index is 1640. The second kappa shape index (κ2) is 11.1. The second-order valence-electron chi connectivity index (χ2n) is 7.87. The van der Waals surface area contributed by atoms with E-state index < -0.39 is 43.7 Å². The van der Waals surface area contributed by atoms with Gasteiger partial charge in [-0.05, 0) is 30.3 Å². The number of esters is 1. The SMILES string of the molecule is CCOC(=O)c1nnn(N(C(=O)c2ccc([N+](=O)[O-])cc2)c2ccc([N+](=O)[O-])cc2[N+](=O)[O-])c1-c1ccccc1. The van der Waals surface area contributed by atoms with Crippen molar-refractivity contribution in [2.75, 3.05) is 11.6 Å². The molecule has 16 nitrogen and oxygen atoms in total. The Labute approximate surface area is 223 Å². The number of carbonyl (C=O) groups is 2. The lowest BCUT2D eigenvalue weighted by atomic mass is 10.1. The molecule has 1 heterocycles. The number of aromatic nitrogens is 3. The minimum Gasteiger partial charge on any atom is -0.461 e. The standard InChI is InChI=1S/C24H17N7O9/c1-2-40-24(33)21-22(15-6-4-3-5-7-15)28(26-25-21)27(23(32)16-8-10-17(11-9-16)29(34)35)19-13-12-18(30(36)37)14-20(19)31(38)39/h3-14H,2H2,1H3. The monoisotopic (exact) mass is 547 g/mol. The maximum absolute atomic E-state index is 13.9. The largest absolute Gasteiger partial charge is 0.461 e. The molecule has 0 saturated heterocycles. The van der Waals surface area contributed by atoms with Crippen molar-refractivity contribution in [3.05, 3.63) is 114 Å². The van der Waals surface area contributed by atoms with E-state index in [1.54, 1.807) is 37.3 Å². The van der Waals surface area contributed by atoms with E-state index in [0.717, 1.165) is 41.2 Å². The Morgan fingerprint density at radius 3 is 2.08 bits per heavy atom. The van der Waals surface area contributed by atoms with Gasteiger partial charge in [0.2, 0.25) is 5.69 Å². The fraction of sp³-hybridized carbons (Fsp3) is 0.0833. The molecule has 0 aliphatic rings. The molecule has 0 aliphatic heterocycles. The molecule has 40 heavy (non-hydrogen) atoms. The maximum Gasteiger partial charge on any atom is 0.361 e. The zero-order chi connectivity index (χ0) is 29.0. The number of benzene rings is 3. The average molecular weight is 547 g/mol. The van der Waals surface area contributed by atoms with Crippen LogP contribution in [0.5, 0.6) is 0 Å². The quantitative estimate of drug-likeness (QED) is 0.166. The molecule has 0 radical (unpaired) electrons. The fourth-order valence-electron chi connectivity index (χ4n) is 3.70. The molecule has 0 aliphatic carbocycles. The first-order chi connectivity index (χ1) is 19.1. The van der Waals surface area contributed by atoms with Crippen LogP contribution in [0.2, 0.25) is 0 Å². The first-order valence-electron chi connectivity index (χ1n) is 11.3. The predicted molar refractivity (Wildman–Crippen MR) is 136 cm³/mol. The van der Waals surface area contributed by atoms with E-state index in [1.165, 1.54) is 0 Å². The van der Waals surface area contributed by atoms with Gasteiger partial charge in [0.25, 0.3) is 17.3 Å². The molecule has 1 aromatic heterocycles. The van der Waals surface area contributed by atoms with Crippen LogP contribution in [0.4, 0.5) is 22.7 Å². The van der Waals surface area contributed by atoms with Crippen molar-refractivity contribution in [1.82, 2.24) is 15.1 Å². The summed E-state index contributed by atoms with van der Waals surface area (Å²) in [7, 11) is 0. The summed E-state index contributed by atoms with van der Waals surface area (Å²) >= 11 is 0. The van der Waals surface area contributed by atoms with E-state index in [0.29, 0.717) is 16.6 Å². The van der Waals surface area contributed by atoms with Gasteiger partial charge in [0.15, 0.2) is 0 Å². The minimum atomic E-state index is -0.982. The number of anilines is 1. The van der Waals surface area contributed by atoms with Crippen LogP contribution in [0.25, 0.3) is 11.3 Å². The molecule has 3 aromatic carbocycles. The second-order valence-corrected chi connectivity index (χ2v) is 7.87. The van der Waals surface area contributed by atoms with Gasteiger partial charge in [0.05, 0.1) is 27.4 Å². The number of non-ortho nitro benzene ring substituents is 2. The third-order valence-corrected chi connectivity index (χ3v) is 5.47. The van der Waals surface area contributed by atoms with E-state index in [4.69, 9.17) is 4.74 Å². The van der Waals surface area contributed by atoms with Crippen molar-refractivity contribution < 1.29 is 29.1 Å². The van der Waals surface area contributed by atoms with E-state index in [2.05, 4.69) is 10.3 Å². The van der Waals surface area contributed by atoms with Gasteiger partial charge in [-0.1, -0.05) is 30.3 Å². The number of rotatable bonds is 9. The number of hydrogen-bond acceptors (Lipinski definition) is 11. The summed E-state index contributed by atoms with van der Waals surface area (Å²) in [5, 5.41) is 42.9. The number of amides is 1. The molecule has 0 unspecified atom stereocenters. The first kappa shape index (κ1) is 27.0. The van der Waals surface area contributed by atoms with Gasteiger partial charge < -0.3 is 4.74 Å². The maximum atomic E-state index is 13.9. The summed E-state index contributed by atoms with van der Waals surface area (Å²) in [5.41, 5.74) is -2.48. The van der Waals surface area contributed by atoms with Crippen LogP contribution < -0.4 is 5.01 Å². The highest BCUT2D eigenvalue weighted by Crippen LogP contribution is 2.35. The summed E-state index contributed by atoms with van der Waals surface area (Å²) in [5.74, 6) is -1.88. The van der Waals surface area contributed by atoms with Crippen LogP contribution in [0.15, 0.2) is 72.8 Å².